The van der Waals surface area contributed by atoms with Crippen LogP contribution in [0.2, 0.25) is 0 Å². The maximum Gasteiger partial charge on any atom is 0.245 e. The van der Waals surface area contributed by atoms with Gasteiger partial charge in [0.25, 0.3) is 0 Å². The van der Waals surface area contributed by atoms with Gasteiger partial charge in [-0.1, -0.05) is 18.2 Å². The average Bonchev–Trinajstić information content (AvgIpc) is 2.76. The maximum atomic E-state index is 12.0. The topological polar surface area (TPSA) is 99.2 Å². The van der Waals surface area contributed by atoms with Gasteiger partial charge >= 0.3 is 0 Å². The molecule has 0 saturated heterocycles. The Morgan fingerprint density at radius 2 is 2.05 bits per heavy atom. The highest BCUT2D eigenvalue weighted by molar-refractivity contribution is 7.89. The predicted molar refractivity (Wildman–Crippen MR) is 74.7 cm³/mol. The first kappa shape index (κ1) is 14.4. The Labute approximate surface area is 117 Å². The van der Waals surface area contributed by atoms with Crippen molar-refractivity contribution >= 4 is 15.8 Å². The molecule has 108 valence electrons. The maximum absolute atomic E-state index is 12.0. The number of nitrogens with one attached hydrogen (secondary N) is 1. The molecule has 0 bridgehead atoms. The number of nitrogens with zero attached hydrogens (tertiary/aromatic N) is 2. The number of nitrogens with two attached hydrogens (primary N) is 1. The zero-order valence-corrected chi connectivity index (χ0v) is 11.8. The number of aryl methyl sites for hydroxylation is 1. The van der Waals surface area contributed by atoms with Crippen molar-refractivity contribution in [3.05, 3.63) is 36.5 Å². The van der Waals surface area contributed by atoms with Crippen LogP contribution >= 0.6 is 0 Å². The molecule has 1 heterocycles. The van der Waals surface area contributed by atoms with Crippen LogP contribution in [-0.4, -0.2) is 31.3 Å². The Hall–Kier alpha value is -2.06. The summed E-state index contributed by atoms with van der Waals surface area (Å²) in [6, 6.07) is 9.16. The van der Waals surface area contributed by atoms with E-state index in [-0.39, 0.29) is 23.9 Å². The summed E-state index contributed by atoms with van der Waals surface area (Å²) in [4.78, 5) is -0.0280. The minimum Gasteiger partial charge on any atom is -0.492 e. The molecule has 2 rings (SSSR count). The molecule has 0 radical (unpaired) electrons. The van der Waals surface area contributed by atoms with Crippen molar-refractivity contribution < 1.29 is 13.2 Å². The first-order valence-electron chi connectivity index (χ1n) is 5.95. The first-order chi connectivity index (χ1) is 9.49. The lowest BCUT2D eigenvalue weighted by molar-refractivity contribution is 0.323. The second-order valence-electron chi connectivity index (χ2n) is 4.11. The van der Waals surface area contributed by atoms with E-state index in [1.54, 1.807) is 19.2 Å². The highest BCUT2D eigenvalue weighted by Crippen LogP contribution is 2.14. The van der Waals surface area contributed by atoms with E-state index < -0.39 is 10.0 Å². The zero-order chi connectivity index (χ0) is 14.6. The van der Waals surface area contributed by atoms with E-state index in [0.29, 0.717) is 5.75 Å². The monoisotopic (exact) mass is 296 g/mol. The number of sulfonamides is 1. The first-order valence-corrected chi connectivity index (χ1v) is 7.44. The summed E-state index contributed by atoms with van der Waals surface area (Å²) in [5.41, 5.74) is 5.54. The van der Waals surface area contributed by atoms with Crippen LogP contribution in [0.5, 0.6) is 5.75 Å². The summed E-state index contributed by atoms with van der Waals surface area (Å²) in [6.45, 7) is 0.370. The van der Waals surface area contributed by atoms with Crippen LogP contribution in [0.15, 0.2) is 41.4 Å². The molecule has 0 aliphatic carbocycles. The molecule has 2 aromatic rings. The zero-order valence-electron chi connectivity index (χ0n) is 11.0. The lowest BCUT2D eigenvalue weighted by Gasteiger charge is -2.07. The summed E-state index contributed by atoms with van der Waals surface area (Å²) in [6.07, 6.45) is 1.36. The average molecular weight is 296 g/mol. The van der Waals surface area contributed by atoms with Crippen molar-refractivity contribution in [2.75, 3.05) is 18.9 Å². The van der Waals surface area contributed by atoms with Crippen LogP contribution < -0.4 is 15.2 Å². The Morgan fingerprint density at radius 3 is 2.65 bits per heavy atom. The quantitative estimate of drug-likeness (QED) is 0.750. The molecule has 1 aromatic heterocycles. The molecule has 0 aliphatic rings. The third kappa shape index (κ3) is 3.49. The molecule has 0 spiro atoms. The SMILES string of the molecule is Cn1cc(S(=O)(=O)NCCOc2ccccc2)c(N)n1. The fraction of sp³-hybridized carbons (Fsp3) is 0.250. The van der Waals surface area contributed by atoms with Crippen molar-refractivity contribution in [3.63, 3.8) is 0 Å². The van der Waals surface area contributed by atoms with E-state index in [2.05, 4.69) is 9.82 Å². The summed E-state index contributed by atoms with van der Waals surface area (Å²) >= 11 is 0. The molecule has 0 amide bonds. The van der Waals surface area contributed by atoms with Gasteiger partial charge in [-0.2, -0.15) is 5.10 Å². The van der Waals surface area contributed by atoms with Crippen LogP contribution in [0.25, 0.3) is 0 Å². The Morgan fingerprint density at radius 1 is 1.35 bits per heavy atom. The fourth-order valence-electron chi connectivity index (χ4n) is 1.63. The molecule has 0 saturated carbocycles. The van der Waals surface area contributed by atoms with Gasteiger partial charge in [-0.3, -0.25) is 4.68 Å². The van der Waals surface area contributed by atoms with E-state index in [1.165, 1.54) is 10.9 Å². The number of benzene rings is 1. The van der Waals surface area contributed by atoms with Crippen molar-refractivity contribution in [1.29, 1.82) is 0 Å². The Balaban J connectivity index is 1.89. The molecular formula is C12H16N4O3S. The van der Waals surface area contributed by atoms with E-state index >= 15 is 0 Å². The van der Waals surface area contributed by atoms with E-state index in [1.807, 2.05) is 18.2 Å². The molecule has 0 fully saturated rings. The van der Waals surface area contributed by atoms with Gasteiger partial charge in [0.2, 0.25) is 10.0 Å². The summed E-state index contributed by atoms with van der Waals surface area (Å²) in [5, 5.41) is 3.80. The van der Waals surface area contributed by atoms with Crippen LogP contribution in [0.4, 0.5) is 5.82 Å². The number of hydrogen-bond acceptors (Lipinski definition) is 5. The number of anilines is 1. The van der Waals surface area contributed by atoms with Crippen LogP contribution in [0.1, 0.15) is 0 Å². The van der Waals surface area contributed by atoms with E-state index in [0.717, 1.165) is 0 Å². The Kier molecular flexibility index (Phi) is 4.26. The van der Waals surface area contributed by atoms with Gasteiger partial charge in [0.15, 0.2) is 5.82 Å². The van der Waals surface area contributed by atoms with Crippen LogP contribution in [-0.2, 0) is 17.1 Å². The number of hydrogen-bond donors (Lipinski definition) is 2. The van der Waals surface area contributed by atoms with Crippen molar-refractivity contribution in [1.82, 2.24) is 14.5 Å². The van der Waals surface area contributed by atoms with Crippen LogP contribution in [0, 0.1) is 0 Å². The van der Waals surface area contributed by atoms with Crippen molar-refractivity contribution in [2.24, 2.45) is 7.05 Å². The minimum atomic E-state index is -3.66. The molecule has 20 heavy (non-hydrogen) atoms. The van der Waals surface area contributed by atoms with Crippen LogP contribution in [0.3, 0.4) is 0 Å². The third-order valence-corrected chi connectivity index (χ3v) is 4.00. The number of rotatable bonds is 6. The van der Waals surface area contributed by atoms with Gasteiger partial charge in [0.1, 0.15) is 17.3 Å². The van der Waals surface area contributed by atoms with Gasteiger partial charge in [-0.15, -0.1) is 0 Å². The molecule has 7 nitrogen and oxygen atoms in total. The summed E-state index contributed by atoms with van der Waals surface area (Å²) in [5.74, 6) is 0.663. The number of para-hydroxylation sites is 1. The molecule has 0 atom stereocenters. The molecule has 0 unspecified atom stereocenters. The standard InChI is InChI=1S/C12H16N4O3S/c1-16-9-11(12(13)15-16)20(17,18)14-7-8-19-10-5-3-2-4-6-10/h2-6,9,14H,7-8H2,1H3,(H2,13,15). The van der Waals surface area contributed by atoms with Gasteiger partial charge in [0.05, 0.1) is 0 Å². The number of aromatic nitrogens is 2. The number of nitrogen functional groups attached to an aromatic ring is 1. The number of ether oxygens (including phenoxy) is 1. The Bertz CT molecular complexity index is 667. The summed E-state index contributed by atoms with van der Waals surface area (Å²) in [7, 11) is -2.06. The lowest BCUT2D eigenvalue weighted by Crippen LogP contribution is -2.28. The predicted octanol–water partition coefficient (Wildman–Crippen LogP) is 0.360. The van der Waals surface area contributed by atoms with Gasteiger partial charge in [-0.25, -0.2) is 13.1 Å². The largest absolute Gasteiger partial charge is 0.492 e. The minimum absolute atomic E-state index is 0.0241. The lowest BCUT2D eigenvalue weighted by atomic mass is 10.3. The van der Waals surface area contributed by atoms with Gasteiger partial charge in [-0.05, 0) is 12.1 Å². The molecule has 1 aromatic carbocycles. The second-order valence-corrected chi connectivity index (χ2v) is 5.85. The smallest absolute Gasteiger partial charge is 0.245 e. The highest BCUT2D eigenvalue weighted by Gasteiger charge is 2.19. The highest BCUT2D eigenvalue weighted by atomic mass is 32.2. The molecule has 8 heteroatoms. The fourth-order valence-corrected chi connectivity index (χ4v) is 2.75. The second kappa shape index (κ2) is 5.93. The van der Waals surface area contributed by atoms with Crippen molar-refractivity contribution in [3.8, 4) is 5.75 Å². The van der Waals surface area contributed by atoms with Gasteiger partial charge < -0.3 is 10.5 Å². The molecule has 0 aliphatic heterocycles. The molecule has 3 N–H and O–H groups in total. The van der Waals surface area contributed by atoms with Gasteiger partial charge in [0, 0.05) is 19.8 Å². The van der Waals surface area contributed by atoms with E-state index in [4.69, 9.17) is 10.5 Å². The summed E-state index contributed by atoms with van der Waals surface area (Å²) < 4.78 is 33.1. The van der Waals surface area contributed by atoms with Crippen molar-refractivity contribution in [2.45, 2.75) is 4.90 Å². The normalized spacial score (nSPS) is 11.4. The van der Waals surface area contributed by atoms with E-state index in [9.17, 15) is 8.42 Å². The third-order valence-electron chi connectivity index (χ3n) is 2.52. The molecular weight excluding hydrogens is 280 g/mol.